The van der Waals surface area contributed by atoms with Gasteiger partial charge in [-0.1, -0.05) is 35.0 Å². The summed E-state index contributed by atoms with van der Waals surface area (Å²) in [5, 5.41) is 12.5. The molecule has 26 heavy (non-hydrogen) atoms. The minimum atomic E-state index is -0.0141. The van der Waals surface area contributed by atoms with E-state index in [9.17, 15) is 4.79 Å². The lowest BCUT2D eigenvalue weighted by molar-refractivity contribution is 0.0730. The van der Waals surface area contributed by atoms with Crippen LogP contribution in [-0.2, 0) is 6.42 Å². The molecule has 2 saturated heterocycles. The number of rotatable bonds is 4. The first kappa shape index (κ1) is 17.5. The third-order valence-electron chi connectivity index (χ3n) is 5.46. The highest BCUT2D eigenvalue weighted by atomic mass is 35.5. The van der Waals surface area contributed by atoms with Crippen LogP contribution >= 0.6 is 11.6 Å². The van der Waals surface area contributed by atoms with Crippen LogP contribution in [0.3, 0.4) is 0 Å². The number of carbonyl (C=O) groups is 1. The van der Waals surface area contributed by atoms with Crippen LogP contribution in [0.5, 0.6) is 0 Å². The van der Waals surface area contributed by atoms with Gasteiger partial charge in [-0.05, 0) is 56.8 Å². The normalized spacial score (nSPS) is 21.3. The lowest BCUT2D eigenvalue weighted by Crippen LogP contribution is -2.37. The molecule has 1 aromatic carbocycles. The molecule has 1 amide bonds. The number of halogens is 1. The maximum Gasteiger partial charge on any atom is 0.276 e. The number of nitrogens with zero attached hydrogens (tertiary/aromatic N) is 4. The molecule has 2 aliphatic rings. The Morgan fingerprint density at radius 2 is 2.04 bits per heavy atom. The molecule has 3 heterocycles. The summed E-state index contributed by atoms with van der Waals surface area (Å²) in [7, 11) is 0. The Hall–Kier alpha value is -1.92. The molecule has 2 fully saturated rings. The second-order valence-electron chi connectivity index (χ2n) is 7.16. The third-order valence-corrected chi connectivity index (χ3v) is 5.83. The lowest BCUT2D eigenvalue weighted by atomic mass is 10.0. The van der Waals surface area contributed by atoms with Crippen molar-refractivity contribution >= 4 is 17.5 Å². The van der Waals surface area contributed by atoms with Gasteiger partial charge in [0.05, 0.1) is 12.2 Å². The molecule has 0 spiro atoms. The maximum atomic E-state index is 13.0. The van der Waals surface area contributed by atoms with Crippen molar-refractivity contribution in [3.05, 3.63) is 46.7 Å². The minimum Gasteiger partial charge on any atom is -0.334 e. The summed E-state index contributed by atoms with van der Waals surface area (Å²) >= 11 is 6.30. The Balaban J connectivity index is 1.46. The first-order chi connectivity index (χ1) is 12.7. The topological polar surface area (TPSA) is 63.1 Å². The summed E-state index contributed by atoms with van der Waals surface area (Å²) in [6.45, 7) is 2.74. The molecule has 0 radical (unpaired) electrons. The standard InChI is InChI=1S/C19H24ClN5O/c20-17-6-2-1-4-14(17)12-16-5-3-11-24(16)19(26)18-13-25(23-22-18)15-7-9-21-10-8-15/h1-2,4,6,13,15-16,21H,3,5,7-12H2/t16-/m1/s1. The van der Waals surface area contributed by atoms with E-state index in [1.54, 1.807) is 0 Å². The second kappa shape index (κ2) is 7.76. The first-order valence-corrected chi connectivity index (χ1v) is 9.77. The third kappa shape index (κ3) is 3.62. The van der Waals surface area contributed by atoms with Crippen LogP contribution < -0.4 is 5.32 Å². The van der Waals surface area contributed by atoms with Gasteiger partial charge >= 0.3 is 0 Å². The Morgan fingerprint density at radius 1 is 1.23 bits per heavy atom. The minimum absolute atomic E-state index is 0.0141. The van der Waals surface area contributed by atoms with E-state index in [0.29, 0.717) is 11.7 Å². The number of aromatic nitrogens is 3. The molecule has 6 nitrogen and oxygen atoms in total. The van der Waals surface area contributed by atoms with Gasteiger partial charge in [-0.2, -0.15) is 0 Å². The van der Waals surface area contributed by atoms with E-state index >= 15 is 0 Å². The quantitative estimate of drug-likeness (QED) is 0.895. The summed E-state index contributed by atoms with van der Waals surface area (Å²) in [4.78, 5) is 14.9. The number of amides is 1. The summed E-state index contributed by atoms with van der Waals surface area (Å²) in [5.41, 5.74) is 1.55. The van der Waals surface area contributed by atoms with Gasteiger partial charge < -0.3 is 10.2 Å². The number of nitrogens with one attached hydrogen (secondary N) is 1. The SMILES string of the molecule is O=C(c1cn(C2CCNCC2)nn1)N1CCC[C@@H]1Cc1ccccc1Cl. The molecule has 0 unspecified atom stereocenters. The molecule has 138 valence electrons. The van der Waals surface area contributed by atoms with Crippen molar-refractivity contribution in [2.24, 2.45) is 0 Å². The van der Waals surface area contributed by atoms with Crippen molar-refractivity contribution in [2.75, 3.05) is 19.6 Å². The van der Waals surface area contributed by atoms with Gasteiger partial charge in [-0.25, -0.2) is 4.68 Å². The van der Waals surface area contributed by atoms with Crippen molar-refractivity contribution in [1.29, 1.82) is 0 Å². The molecule has 0 aliphatic carbocycles. The van der Waals surface area contributed by atoms with Gasteiger partial charge in [-0.3, -0.25) is 4.79 Å². The first-order valence-electron chi connectivity index (χ1n) is 9.39. The zero-order valence-electron chi connectivity index (χ0n) is 14.8. The number of hydrogen-bond donors (Lipinski definition) is 1. The number of likely N-dealkylation sites (tertiary alicyclic amines) is 1. The van der Waals surface area contributed by atoms with E-state index in [4.69, 9.17) is 11.6 Å². The van der Waals surface area contributed by atoms with Crippen molar-refractivity contribution in [2.45, 2.75) is 44.2 Å². The Labute approximate surface area is 158 Å². The van der Waals surface area contributed by atoms with E-state index in [-0.39, 0.29) is 11.9 Å². The predicted octanol–water partition coefficient (Wildman–Crippen LogP) is 2.70. The van der Waals surface area contributed by atoms with Gasteiger partial charge in [0.25, 0.3) is 5.91 Å². The molecule has 2 aromatic rings. The Kier molecular flexibility index (Phi) is 5.22. The molecule has 1 N–H and O–H groups in total. The number of carbonyl (C=O) groups excluding carboxylic acids is 1. The van der Waals surface area contributed by atoms with E-state index in [1.807, 2.05) is 40.0 Å². The van der Waals surface area contributed by atoms with Crippen LogP contribution in [0.2, 0.25) is 5.02 Å². The van der Waals surface area contributed by atoms with E-state index in [0.717, 1.165) is 62.3 Å². The van der Waals surface area contributed by atoms with Crippen LogP contribution in [0.15, 0.2) is 30.5 Å². The average molecular weight is 374 g/mol. The van der Waals surface area contributed by atoms with Crippen molar-refractivity contribution in [1.82, 2.24) is 25.2 Å². The number of piperidine rings is 1. The van der Waals surface area contributed by atoms with Crippen LogP contribution in [0, 0.1) is 0 Å². The van der Waals surface area contributed by atoms with Gasteiger partial charge in [-0.15, -0.1) is 5.10 Å². The van der Waals surface area contributed by atoms with Gasteiger partial charge in [0.2, 0.25) is 0 Å². The highest BCUT2D eigenvalue weighted by molar-refractivity contribution is 6.31. The Bertz CT molecular complexity index is 771. The fourth-order valence-electron chi connectivity index (χ4n) is 4.00. The molecule has 7 heteroatoms. The summed E-state index contributed by atoms with van der Waals surface area (Å²) in [5.74, 6) is -0.0141. The maximum absolute atomic E-state index is 13.0. The molecule has 0 saturated carbocycles. The van der Waals surface area contributed by atoms with Crippen molar-refractivity contribution in [3.8, 4) is 0 Å². The summed E-state index contributed by atoms with van der Waals surface area (Å²) in [6, 6.07) is 8.38. The predicted molar refractivity (Wildman–Crippen MR) is 100 cm³/mol. The molecular formula is C19H24ClN5O. The fourth-order valence-corrected chi connectivity index (χ4v) is 4.22. The molecule has 0 bridgehead atoms. The van der Waals surface area contributed by atoms with Gasteiger partial charge in [0, 0.05) is 17.6 Å². The Morgan fingerprint density at radius 3 is 2.85 bits per heavy atom. The van der Waals surface area contributed by atoms with Crippen LogP contribution in [0.1, 0.15) is 47.8 Å². The molecule has 1 aromatic heterocycles. The highest BCUT2D eigenvalue weighted by Gasteiger charge is 2.31. The zero-order valence-corrected chi connectivity index (χ0v) is 15.5. The lowest BCUT2D eigenvalue weighted by Gasteiger charge is -2.24. The number of benzene rings is 1. The van der Waals surface area contributed by atoms with Gasteiger partial charge in [0.1, 0.15) is 0 Å². The smallest absolute Gasteiger partial charge is 0.276 e. The molecule has 1 atom stereocenters. The van der Waals surface area contributed by atoms with E-state index in [1.165, 1.54) is 0 Å². The van der Waals surface area contributed by atoms with Crippen molar-refractivity contribution < 1.29 is 4.79 Å². The number of hydrogen-bond acceptors (Lipinski definition) is 4. The highest BCUT2D eigenvalue weighted by Crippen LogP contribution is 2.26. The fraction of sp³-hybridized carbons (Fsp3) is 0.526. The van der Waals surface area contributed by atoms with Crippen LogP contribution in [-0.4, -0.2) is 51.5 Å². The summed E-state index contributed by atoms with van der Waals surface area (Å²) < 4.78 is 1.87. The summed E-state index contributed by atoms with van der Waals surface area (Å²) in [6.07, 6.45) is 6.67. The van der Waals surface area contributed by atoms with Gasteiger partial charge in [0.15, 0.2) is 5.69 Å². The largest absolute Gasteiger partial charge is 0.334 e. The van der Waals surface area contributed by atoms with Crippen molar-refractivity contribution in [3.63, 3.8) is 0 Å². The van der Waals surface area contributed by atoms with Crippen LogP contribution in [0.25, 0.3) is 0 Å². The van der Waals surface area contributed by atoms with E-state index in [2.05, 4.69) is 15.6 Å². The second-order valence-corrected chi connectivity index (χ2v) is 7.56. The van der Waals surface area contributed by atoms with E-state index < -0.39 is 0 Å². The molecule has 4 rings (SSSR count). The monoisotopic (exact) mass is 373 g/mol. The zero-order chi connectivity index (χ0) is 17.9. The molecule has 2 aliphatic heterocycles. The van der Waals surface area contributed by atoms with Crippen LogP contribution in [0.4, 0.5) is 0 Å². The molecular weight excluding hydrogens is 350 g/mol. The average Bonchev–Trinajstić information content (AvgIpc) is 3.33.